The van der Waals surface area contributed by atoms with Crippen molar-refractivity contribution in [3.63, 3.8) is 0 Å². The number of hydrogen-bond donors (Lipinski definition) is 2. The van der Waals surface area contributed by atoms with Crippen LogP contribution in [0.1, 0.15) is 68.1 Å². The van der Waals surface area contributed by atoms with Gasteiger partial charge in [0.2, 0.25) is 5.91 Å². The molecule has 23 heavy (non-hydrogen) atoms. The van der Waals surface area contributed by atoms with Gasteiger partial charge >= 0.3 is 0 Å². The zero-order chi connectivity index (χ0) is 16.1. The Bertz CT molecular complexity index is 558. The molecule has 1 aromatic carbocycles. The van der Waals surface area contributed by atoms with Crippen molar-refractivity contribution in [2.75, 3.05) is 5.32 Å². The summed E-state index contributed by atoms with van der Waals surface area (Å²) in [7, 11) is 0. The Kier molecular flexibility index (Phi) is 5.31. The third-order valence-corrected chi connectivity index (χ3v) is 5.06. The van der Waals surface area contributed by atoms with Crippen molar-refractivity contribution >= 4 is 17.5 Å². The summed E-state index contributed by atoms with van der Waals surface area (Å²) in [5, 5.41) is 6.08. The predicted octanol–water partition coefficient (Wildman–Crippen LogP) is 3.88. The molecule has 0 radical (unpaired) electrons. The summed E-state index contributed by atoms with van der Waals surface area (Å²) in [5.41, 5.74) is 1.35. The van der Waals surface area contributed by atoms with Gasteiger partial charge in [-0.05, 0) is 43.9 Å². The van der Waals surface area contributed by atoms with Crippen LogP contribution in [-0.2, 0) is 4.79 Å². The number of carbonyl (C=O) groups is 2. The Morgan fingerprint density at radius 1 is 0.913 bits per heavy atom. The molecule has 0 unspecified atom stereocenters. The topological polar surface area (TPSA) is 58.2 Å². The Morgan fingerprint density at radius 2 is 1.61 bits per heavy atom. The average Bonchev–Trinajstić information content (AvgIpc) is 3.11. The lowest BCUT2D eigenvalue weighted by Gasteiger charge is -2.22. The van der Waals surface area contributed by atoms with Crippen LogP contribution >= 0.6 is 0 Å². The highest BCUT2D eigenvalue weighted by molar-refractivity contribution is 5.97. The molecule has 4 heteroatoms. The van der Waals surface area contributed by atoms with Gasteiger partial charge in [-0.15, -0.1) is 0 Å². The zero-order valence-corrected chi connectivity index (χ0v) is 13.6. The quantitative estimate of drug-likeness (QED) is 0.886. The largest absolute Gasteiger partial charge is 0.349 e. The molecular formula is C19H26N2O2. The monoisotopic (exact) mass is 314 g/mol. The molecule has 3 rings (SSSR count). The normalized spacial score (nSPS) is 19.5. The van der Waals surface area contributed by atoms with Gasteiger partial charge in [0.1, 0.15) is 0 Å². The minimum absolute atomic E-state index is 0.0335. The van der Waals surface area contributed by atoms with Gasteiger partial charge in [-0.2, -0.15) is 0 Å². The van der Waals surface area contributed by atoms with Crippen molar-refractivity contribution in [2.45, 2.75) is 63.8 Å². The molecule has 0 aromatic heterocycles. The second-order valence-electron chi connectivity index (χ2n) is 6.86. The number of carbonyl (C=O) groups excluding carboxylic acids is 2. The van der Waals surface area contributed by atoms with E-state index in [0.29, 0.717) is 11.6 Å². The van der Waals surface area contributed by atoms with Crippen LogP contribution in [0.15, 0.2) is 24.3 Å². The van der Waals surface area contributed by atoms with Crippen molar-refractivity contribution < 1.29 is 9.59 Å². The van der Waals surface area contributed by atoms with Gasteiger partial charge < -0.3 is 10.6 Å². The van der Waals surface area contributed by atoms with Crippen LogP contribution in [0, 0.1) is 5.92 Å². The molecule has 2 N–H and O–H groups in total. The number of anilines is 1. The van der Waals surface area contributed by atoms with E-state index >= 15 is 0 Å². The molecule has 0 saturated heterocycles. The van der Waals surface area contributed by atoms with Gasteiger partial charge in [-0.25, -0.2) is 0 Å². The lowest BCUT2D eigenvalue weighted by atomic mass is 9.95. The van der Waals surface area contributed by atoms with Crippen LogP contribution in [-0.4, -0.2) is 17.9 Å². The van der Waals surface area contributed by atoms with Crippen LogP contribution in [0.2, 0.25) is 0 Å². The average molecular weight is 314 g/mol. The van der Waals surface area contributed by atoms with Gasteiger partial charge in [0.05, 0.1) is 0 Å². The Hall–Kier alpha value is -1.84. The highest BCUT2D eigenvalue weighted by atomic mass is 16.2. The zero-order valence-electron chi connectivity index (χ0n) is 13.6. The fourth-order valence-corrected chi connectivity index (χ4v) is 3.69. The molecule has 2 aliphatic carbocycles. The van der Waals surface area contributed by atoms with E-state index in [1.165, 1.54) is 19.3 Å². The van der Waals surface area contributed by atoms with Crippen LogP contribution in [0.5, 0.6) is 0 Å². The molecule has 4 nitrogen and oxygen atoms in total. The van der Waals surface area contributed by atoms with Gasteiger partial charge in [-0.3, -0.25) is 9.59 Å². The van der Waals surface area contributed by atoms with Gasteiger partial charge in [0, 0.05) is 23.2 Å². The van der Waals surface area contributed by atoms with E-state index in [-0.39, 0.29) is 17.7 Å². The number of amides is 2. The van der Waals surface area contributed by atoms with Gasteiger partial charge in [-0.1, -0.05) is 38.2 Å². The molecule has 1 aromatic rings. The molecule has 2 fully saturated rings. The fourth-order valence-electron chi connectivity index (χ4n) is 3.69. The summed E-state index contributed by atoms with van der Waals surface area (Å²) in [6.07, 6.45) is 10.1. The summed E-state index contributed by atoms with van der Waals surface area (Å²) >= 11 is 0. The minimum atomic E-state index is -0.0335. The number of rotatable bonds is 4. The molecule has 2 saturated carbocycles. The van der Waals surface area contributed by atoms with Crippen LogP contribution < -0.4 is 10.6 Å². The third kappa shape index (κ3) is 4.34. The summed E-state index contributed by atoms with van der Waals surface area (Å²) in [5.74, 6) is 0.191. The summed E-state index contributed by atoms with van der Waals surface area (Å²) < 4.78 is 0. The Morgan fingerprint density at radius 3 is 2.35 bits per heavy atom. The first kappa shape index (κ1) is 16.0. The molecule has 0 spiro atoms. The van der Waals surface area contributed by atoms with Crippen molar-refractivity contribution in [1.82, 2.24) is 5.32 Å². The molecule has 0 aliphatic heterocycles. The third-order valence-electron chi connectivity index (χ3n) is 5.06. The molecule has 0 bridgehead atoms. The Balaban J connectivity index is 1.59. The molecule has 124 valence electrons. The van der Waals surface area contributed by atoms with Crippen molar-refractivity contribution in [1.29, 1.82) is 0 Å². The van der Waals surface area contributed by atoms with Gasteiger partial charge in [0.15, 0.2) is 0 Å². The lowest BCUT2D eigenvalue weighted by molar-refractivity contribution is -0.119. The number of benzene rings is 1. The van der Waals surface area contributed by atoms with E-state index in [4.69, 9.17) is 0 Å². The summed E-state index contributed by atoms with van der Waals surface area (Å²) in [6, 6.07) is 7.58. The maximum atomic E-state index is 12.4. The molecular weight excluding hydrogens is 288 g/mol. The highest BCUT2D eigenvalue weighted by Gasteiger charge is 2.23. The second-order valence-corrected chi connectivity index (χ2v) is 6.86. The van der Waals surface area contributed by atoms with Crippen LogP contribution in [0.3, 0.4) is 0 Å². The first-order valence-electron chi connectivity index (χ1n) is 8.94. The first-order chi connectivity index (χ1) is 11.2. The fraction of sp³-hybridized carbons (Fsp3) is 0.579. The van der Waals surface area contributed by atoms with E-state index in [0.717, 1.165) is 44.2 Å². The minimum Gasteiger partial charge on any atom is -0.349 e. The van der Waals surface area contributed by atoms with E-state index in [9.17, 15) is 9.59 Å². The van der Waals surface area contributed by atoms with Crippen molar-refractivity contribution in [3.8, 4) is 0 Å². The second kappa shape index (κ2) is 7.62. The van der Waals surface area contributed by atoms with Crippen LogP contribution in [0.4, 0.5) is 5.69 Å². The number of nitrogens with one attached hydrogen (secondary N) is 2. The van der Waals surface area contributed by atoms with E-state index < -0.39 is 0 Å². The molecule has 0 heterocycles. The summed E-state index contributed by atoms with van der Waals surface area (Å²) in [6.45, 7) is 0. The Labute approximate surface area is 138 Å². The molecule has 2 aliphatic rings. The van der Waals surface area contributed by atoms with E-state index in [2.05, 4.69) is 10.6 Å². The van der Waals surface area contributed by atoms with Crippen molar-refractivity contribution in [3.05, 3.63) is 29.8 Å². The SMILES string of the molecule is O=C(NC1CCCCC1)c1cccc(NC(=O)C2CCCC2)c1. The van der Waals surface area contributed by atoms with Crippen molar-refractivity contribution in [2.24, 2.45) is 5.92 Å². The number of hydrogen-bond acceptors (Lipinski definition) is 2. The predicted molar refractivity (Wildman–Crippen MR) is 91.4 cm³/mol. The standard InChI is InChI=1S/C19H26N2O2/c22-18(14-7-4-5-8-14)21-17-12-6-9-15(13-17)19(23)20-16-10-2-1-3-11-16/h6,9,12-14,16H,1-5,7-8,10-11H2,(H,20,23)(H,21,22). The van der Waals surface area contributed by atoms with Gasteiger partial charge in [0.25, 0.3) is 5.91 Å². The maximum Gasteiger partial charge on any atom is 0.251 e. The lowest BCUT2D eigenvalue weighted by Crippen LogP contribution is -2.36. The molecule has 0 atom stereocenters. The molecule has 2 amide bonds. The van der Waals surface area contributed by atoms with E-state index in [1.807, 2.05) is 18.2 Å². The summed E-state index contributed by atoms with van der Waals surface area (Å²) in [4.78, 5) is 24.6. The highest BCUT2D eigenvalue weighted by Crippen LogP contribution is 2.26. The van der Waals surface area contributed by atoms with E-state index in [1.54, 1.807) is 6.07 Å². The smallest absolute Gasteiger partial charge is 0.251 e. The van der Waals surface area contributed by atoms with Crippen LogP contribution in [0.25, 0.3) is 0 Å². The maximum absolute atomic E-state index is 12.4. The first-order valence-corrected chi connectivity index (χ1v) is 8.94.